The lowest BCUT2D eigenvalue weighted by molar-refractivity contribution is -0.146. The lowest BCUT2D eigenvalue weighted by Crippen LogP contribution is -2.62. The first kappa shape index (κ1) is 11.8. The molecule has 4 nitrogen and oxygen atoms in total. The number of nitrogens with one attached hydrogen (secondary N) is 1. The largest absolute Gasteiger partial charge is 0.342 e. The number of hydrogen-bond acceptors (Lipinski definition) is 2. The van der Waals surface area contributed by atoms with Crippen LogP contribution in [-0.2, 0) is 9.59 Å². The van der Waals surface area contributed by atoms with Crippen LogP contribution in [-0.4, -0.2) is 35.8 Å². The SMILES string of the molecule is C=CCN1CC(=O)NC(C(C)(C)C)C1=O. The summed E-state index contributed by atoms with van der Waals surface area (Å²) in [6, 6.07) is -0.432. The van der Waals surface area contributed by atoms with E-state index in [2.05, 4.69) is 11.9 Å². The summed E-state index contributed by atoms with van der Waals surface area (Å²) >= 11 is 0. The van der Waals surface area contributed by atoms with Gasteiger partial charge >= 0.3 is 0 Å². The van der Waals surface area contributed by atoms with Crippen LogP contribution in [0.1, 0.15) is 20.8 Å². The van der Waals surface area contributed by atoms with Crippen molar-refractivity contribution in [2.45, 2.75) is 26.8 Å². The van der Waals surface area contributed by atoms with Crippen molar-refractivity contribution < 1.29 is 9.59 Å². The molecule has 0 aromatic rings. The van der Waals surface area contributed by atoms with Gasteiger partial charge in [-0.2, -0.15) is 0 Å². The van der Waals surface area contributed by atoms with Crippen molar-refractivity contribution in [1.82, 2.24) is 10.2 Å². The Morgan fingerprint density at radius 1 is 1.53 bits per heavy atom. The number of carbonyl (C=O) groups is 2. The Hall–Kier alpha value is -1.32. The number of hydrogen-bond donors (Lipinski definition) is 1. The van der Waals surface area contributed by atoms with Crippen molar-refractivity contribution in [2.75, 3.05) is 13.1 Å². The summed E-state index contributed by atoms with van der Waals surface area (Å²) in [4.78, 5) is 24.9. The first-order chi connectivity index (χ1) is 6.86. The third-order valence-corrected chi connectivity index (χ3v) is 2.41. The maximum absolute atomic E-state index is 12.0. The smallest absolute Gasteiger partial charge is 0.246 e. The summed E-state index contributed by atoms with van der Waals surface area (Å²) in [7, 11) is 0. The van der Waals surface area contributed by atoms with Crippen LogP contribution in [0.25, 0.3) is 0 Å². The van der Waals surface area contributed by atoms with Gasteiger partial charge in [-0.05, 0) is 5.41 Å². The zero-order valence-corrected chi connectivity index (χ0v) is 9.54. The molecule has 0 aliphatic carbocycles. The molecule has 15 heavy (non-hydrogen) atoms. The van der Waals surface area contributed by atoms with E-state index in [1.165, 1.54) is 4.90 Å². The zero-order valence-electron chi connectivity index (χ0n) is 9.54. The molecule has 84 valence electrons. The highest BCUT2D eigenvalue weighted by atomic mass is 16.2. The standard InChI is InChI=1S/C11H18N2O2/c1-5-6-13-7-8(14)12-9(10(13)15)11(2,3)4/h5,9H,1,6-7H2,2-4H3,(H,12,14). The van der Waals surface area contributed by atoms with E-state index in [9.17, 15) is 9.59 Å². The molecule has 0 aromatic heterocycles. The Labute approximate surface area is 90.3 Å². The van der Waals surface area contributed by atoms with Crippen molar-refractivity contribution in [1.29, 1.82) is 0 Å². The fourth-order valence-corrected chi connectivity index (χ4v) is 1.60. The number of rotatable bonds is 2. The lowest BCUT2D eigenvalue weighted by atomic mass is 9.85. The summed E-state index contributed by atoms with van der Waals surface area (Å²) in [6.07, 6.45) is 1.64. The number of amides is 2. The third-order valence-electron chi connectivity index (χ3n) is 2.41. The maximum atomic E-state index is 12.0. The summed E-state index contributed by atoms with van der Waals surface area (Å²) in [5.41, 5.74) is -0.257. The van der Waals surface area contributed by atoms with Gasteiger partial charge in [0.15, 0.2) is 0 Å². The van der Waals surface area contributed by atoms with Gasteiger partial charge in [0.25, 0.3) is 0 Å². The fraction of sp³-hybridized carbons (Fsp3) is 0.636. The van der Waals surface area contributed by atoms with E-state index >= 15 is 0 Å². The van der Waals surface area contributed by atoms with Gasteiger partial charge in [-0.15, -0.1) is 6.58 Å². The average Bonchev–Trinajstić information content (AvgIpc) is 2.09. The van der Waals surface area contributed by atoms with Crippen LogP contribution >= 0.6 is 0 Å². The second-order valence-corrected chi connectivity index (χ2v) is 4.87. The van der Waals surface area contributed by atoms with Gasteiger partial charge in [0.2, 0.25) is 11.8 Å². The molecule has 4 heteroatoms. The fourth-order valence-electron chi connectivity index (χ4n) is 1.60. The van der Waals surface area contributed by atoms with E-state index in [0.717, 1.165) is 0 Å². The molecular weight excluding hydrogens is 192 g/mol. The first-order valence-corrected chi connectivity index (χ1v) is 5.05. The molecule has 0 saturated carbocycles. The molecule has 1 atom stereocenters. The van der Waals surface area contributed by atoms with Crippen molar-refractivity contribution in [3.63, 3.8) is 0 Å². The van der Waals surface area contributed by atoms with Crippen LogP contribution in [0.4, 0.5) is 0 Å². The first-order valence-electron chi connectivity index (χ1n) is 5.05. The van der Waals surface area contributed by atoms with Crippen molar-refractivity contribution in [3.8, 4) is 0 Å². The molecule has 2 amide bonds. The average molecular weight is 210 g/mol. The van der Waals surface area contributed by atoms with Crippen LogP contribution in [0.2, 0.25) is 0 Å². The van der Waals surface area contributed by atoms with E-state index in [1.54, 1.807) is 6.08 Å². The lowest BCUT2D eigenvalue weighted by Gasteiger charge is -2.38. The van der Waals surface area contributed by atoms with Crippen LogP contribution in [0, 0.1) is 5.41 Å². The van der Waals surface area contributed by atoms with Gasteiger partial charge in [0, 0.05) is 6.54 Å². The van der Waals surface area contributed by atoms with Gasteiger partial charge in [-0.3, -0.25) is 9.59 Å². The van der Waals surface area contributed by atoms with E-state index in [0.29, 0.717) is 6.54 Å². The van der Waals surface area contributed by atoms with Crippen LogP contribution < -0.4 is 5.32 Å². The molecule has 1 aliphatic rings. The summed E-state index contributed by atoms with van der Waals surface area (Å²) < 4.78 is 0. The molecule has 1 aliphatic heterocycles. The molecule has 1 fully saturated rings. The minimum atomic E-state index is -0.432. The second-order valence-electron chi connectivity index (χ2n) is 4.87. The summed E-state index contributed by atoms with van der Waals surface area (Å²) in [5, 5.41) is 2.73. The molecule has 0 radical (unpaired) electrons. The number of piperazine rings is 1. The van der Waals surface area contributed by atoms with E-state index in [1.807, 2.05) is 20.8 Å². The zero-order chi connectivity index (χ0) is 11.6. The van der Waals surface area contributed by atoms with Gasteiger partial charge in [0.05, 0.1) is 6.54 Å². The Morgan fingerprint density at radius 3 is 2.60 bits per heavy atom. The van der Waals surface area contributed by atoms with E-state index < -0.39 is 6.04 Å². The summed E-state index contributed by atoms with van der Waals surface area (Å²) in [5.74, 6) is -0.127. The Bertz CT molecular complexity index is 291. The quantitative estimate of drug-likeness (QED) is 0.676. The topological polar surface area (TPSA) is 49.4 Å². The van der Waals surface area contributed by atoms with E-state index in [-0.39, 0.29) is 23.8 Å². The maximum Gasteiger partial charge on any atom is 0.246 e. The highest BCUT2D eigenvalue weighted by Gasteiger charge is 2.39. The molecule has 0 bridgehead atoms. The molecular formula is C11H18N2O2. The molecule has 0 spiro atoms. The van der Waals surface area contributed by atoms with Crippen molar-refractivity contribution in [3.05, 3.63) is 12.7 Å². The highest BCUT2D eigenvalue weighted by Crippen LogP contribution is 2.22. The molecule has 1 N–H and O–H groups in total. The highest BCUT2D eigenvalue weighted by molar-refractivity contribution is 5.95. The van der Waals surface area contributed by atoms with Gasteiger partial charge in [0.1, 0.15) is 6.04 Å². The number of nitrogens with zero attached hydrogens (tertiary/aromatic N) is 1. The molecule has 0 aromatic carbocycles. The number of carbonyl (C=O) groups excluding carboxylic acids is 2. The van der Waals surface area contributed by atoms with E-state index in [4.69, 9.17) is 0 Å². The predicted molar refractivity (Wildman–Crippen MR) is 58.2 cm³/mol. The molecule has 1 saturated heterocycles. The molecule has 1 rings (SSSR count). The van der Waals surface area contributed by atoms with Gasteiger partial charge < -0.3 is 10.2 Å². The van der Waals surface area contributed by atoms with Gasteiger partial charge in [-0.25, -0.2) is 0 Å². The minimum Gasteiger partial charge on any atom is -0.342 e. The minimum absolute atomic E-state index is 0.0259. The van der Waals surface area contributed by atoms with Crippen LogP contribution in [0.5, 0.6) is 0 Å². The Balaban J connectivity index is 2.86. The molecule has 1 heterocycles. The van der Waals surface area contributed by atoms with Crippen molar-refractivity contribution in [2.24, 2.45) is 5.41 Å². The Morgan fingerprint density at radius 2 is 2.13 bits per heavy atom. The summed E-state index contributed by atoms with van der Waals surface area (Å²) in [6.45, 7) is 9.95. The predicted octanol–water partition coefficient (Wildman–Crippen LogP) is 0.545. The second kappa shape index (κ2) is 4.04. The Kier molecular flexibility index (Phi) is 3.17. The molecule has 1 unspecified atom stereocenters. The van der Waals surface area contributed by atoms with Crippen LogP contribution in [0.3, 0.4) is 0 Å². The normalized spacial score (nSPS) is 22.6. The van der Waals surface area contributed by atoms with Gasteiger partial charge in [-0.1, -0.05) is 26.8 Å². The van der Waals surface area contributed by atoms with Crippen LogP contribution in [0.15, 0.2) is 12.7 Å². The monoisotopic (exact) mass is 210 g/mol. The third kappa shape index (κ3) is 2.58. The van der Waals surface area contributed by atoms with Crippen molar-refractivity contribution >= 4 is 11.8 Å².